The lowest BCUT2D eigenvalue weighted by Gasteiger charge is -2.36. The van der Waals surface area contributed by atoms with Crippen molar-refractivity contribution in [2.75, 3.05) is 45.8 Å². The Kier molecular flexibility index (Phi) is 7.30. The van der Waals surface area contributed by atoms with E-state index in [9.17, 15) is 9.59 Å². The maximum absolute atomic E-state index is 12.4. The van der Waals surface area contributed by atoms with Crippen LogP contribution in [0, 0.1) is 0 Å². The molecule has 6 heteroatoms. The summed E-state index contributed by atoms with van der Waals surface area (Å²) in [5.74, 6) is 0.305. The summed E-state index contributed by atoms with van der Waals surface area (Å²) in [4.78, 5) is 30.7. The molecule has 0 bridgehead atoms. The summed E-state index contributed by atoms with van der Waals surface area (Å²) in [6.45, 7) is 7.25. The van der Waals surface area contributed by atoms with Crippen molar-refractivity contribution in [1.82, 2.24) is 14.7 Å². The summed E-state index contributed by atoms with van der Waals surface area (Å²) < 4.78 is 0. The first kappa shape index (κ1) is 18.2. The van der Waals surface area contributed by atoms with Crippen LogP contribution in [0.25, 0.3) is 0 Å². The summed E-state index contributed by atoms with van der Waals surface area (Å²) in [5.41, 5.74) is 5.92. The number of piperazine rings is 1. The zero-order valence-corrected chi connectivity index (χ0v) is 14.5. The fraction of sp³-hybridized carbons (Fsp3) is 0.882. The molecule has 2 aliphatic rings. The van der Waals surface area contributed by atoms with Gasteiger partial charge in [-0.15, -0.1) is 0 Å². The number of likely N-dealkylation sites (tertiary alicyclic amines) is 1. The van der Waals surface area contributed by atoms with E-state index in [2.05, 4.69) is 4.90 Å². The van der Waals surface area contributed by atoms with Crippen LogP contribution in [0.3, 0.4) is 0 Å². The van der Waals surface area contributed by atoms with Crippen LogP contribution in [-0.4, -0.2) is 78.4 Å². The highest BCUT2D eigenvalue weighted by molar-refractivity contribution is 5.82. The Morgan fingerprint density at radius 1 is 0.913 bits per heavy atom. The summed E-state index contributed by atoms with van der Waals surface area (Å²) in [6.07, 6.45) is 6.40. The van der Waals surface area contributed by atoms with E-state index in [0.717, 1.165) is 51.9 Å². The minimum atomic E-state index is -0.370. The molecule has 0 radical (unpaired) electrons. The number of rotatable bonds is 5. The summed E-state index contributed by atoms with van der Waals surface area (Å²) in [5, 5.41) is 0. The number of nitrogens with two attached hydrogens (primary N) is 1. The van der Waals surface area contributed by atoms with Crippen LogP contribution in [-0.2, 0) is 9.59 Å². The van der Waals surface area contributed by atoms with Crippen molar-refractivity contribution >= 4 is 11.8 Å². The first-order valence-electron chi connectivity index (χ1n) is 9.16. The number of carbonyl (C=O) groups is 2. The second kappa shape index (κ2) is 9.23. The van der Waals surface area contributed by atoms with Crippen LogP contribution in [0.5, 0.6) is 0 Å². The quantitative estimate of drug-likeness (QED) is 0.806. The Morgan fingerprint density at radius 2 is 1.52 bits per heavy atom. The summed E-state index contributed by atoms with van der Waals surface area (Å²) in [7, 11) is 0. The minimum absolute atomic E-state index is 0.0605. The lowest BCUT2D eigenvalue weighted by Crippen LogP contribution is -2.54. The van der Waals surface area contributed by atoms with Gasteiger partial charge in [0.1, 0.15) is 0 Å². The highest BCUT2D eigenvalue weighted by Gasteiger charge is 2.26. The molecular formula is C17H32N4O2. The van der Waals surface area contributed by atoms with Crippen molar-refractivity contribution in [3.63, 3.8) is 0 Å². The molecule has 2 aliphatic heterocycles. The number of hydrogen-bond acceptors (Lipinski definition) is 4. The highest BCUT2D eigenvalue weighted by Crippen LogP contribution is 2.11. The van der Waals surface area contributed by atoms with Crippen molar-refractivity contribution in [3.8, 4) is 0 Å². The average molecular weight is 324 g/mol. The van der Waals surface area contributed by atoms with Crippen molar-refractivity contribution in [3.05, 3.63) is 0 Å². The van der Waals surface area contributed by atoms with Crippen molar-refractivity contribution in [2.45, 2.75) is 51.5 Å². The van der Waals surface area contributed by atoms with Crippen molar-refractivity contribution in [1.29, 1.82) is 0 Å². The number of carbonyl (C=O) groups excluding carboxylic acids is 2. The van der Waals surface area contributed by atoms with Gasteiger partial charge >= 0.3 is 0 Å². The van der Waals surface area contributed by atoms with Gasteiger partial charge in [-0.25, -0.2) is 0 Å². The summed E-state index contributed by atoms with van der Waals surface area (Å²) >= 11 is 0. The van der Waals surface area contributed by atoms with Crippen LogP contribution in [0.15, 0.2) is 0 Å². The third-order valence-electron chi connectivity index (χ3n) is 4.92. The predicted octanol–water partition coefficient (Wildman–Crippen LogP) is 0.661. The van der Waals surface area contributed by atoms with Gasteiger partial charge in [0, 0.05) is 39.3 Å². The van der Waals surface area contributed by atoms with E-state index in [-0.39, 0.29) is 17.9 Å². The number of amides is 2. The molecule has 2 N–H and O–H groups in total. The van der Waals surface area contributed by atoms with E-state index in [1.54, 1.807) is 0 Å². The molecule has 2 heterocycles. The molecule has 23 heavy (non-hydrogen) atoms. The number of hydrogen-bond donors (Lipinski definition) is 1. The molecule has 0 aliphatic carbocycles. The Balaban J connectivity index is 1.73. The van der Waals surface area contributed by atoms with Crippen molar-refractivity contribution in [2.24, 2.45) is 5.73 Å². The standard InChI is InChI=1S/C17H32N4O2/c1-2-7-15(18)17(23)21-12-10-19(11-13-21)14-16(22)20-8-5-3-4-6-9-20/h15H,2-14,18H2,1H3. The van der Waals surface area contributed by atoms with Gasteiger partial charge in [-0.3, -0.25) is 14.5 Å². The van der Waals surface area contributed by atoms with Gasteiger partial charge in [-0.2, -0.15) is 0 Å². The van der Waals surface area contributed by atoms with Crippen LogP contribution < -0.4 is 5.73 Å². The van der Waals surface area contributed by atoms with E-state index in [0.29, 0.717) is 19.6 Å². The topological polar surface area (TPSA) is 69.9 Å². The first-order valence-corrected chi connectivity index (χ1v) is 9.16. The van der Waals surface area contributed by atoms with E-state index < -0.39 is 0 Å². The zero-order valence-electron chi connectivity index (χ0n) is 14.5. The molecule has 0 aromatic heterocycles. The van der Waals surface area contributed by atoms with Gasteiger partial charge in [-0.1, -0.05) is 26.2 Å². The number of nitrogens with zero attached hydrogens (tertiary/aromatic N) is 3. The normalized spacial score (nSPS) is 21.8. The second-order valence-corrected chi connectivity index (χ2v) is 6.79. The van der Waals surface area contributed by atoms with Crippen LogP contribution in [0.2, 0.25) is 0 Å². The molecule has 1 unspecified atom stereocenters. The maximum Gasteiger partial charge on any atom is 0.239 e. The SMILES string of the molecule is CCCC(N)C(=O)N1CCN(CC(=O)N2CCCCCC2)CC1. The van der Waals surface area contributed by atoms with Crippen LogP contribution >= 0.6 is 0 Å². The molecule has 6 nitrogen and oxygen atoms in total. The van der Waals surface area contributed by atoms with Crippen LogP contribution in [0.1, 0.15) is 45.4 Å². The van der Waals surface area contributed by atoms with E-state index >= 15 is 0 Å². The van der Waals surface area contributed by atoms with E-state index in [1.807, 2.05) is 16.7 Å². The van der Waals surface area contributed by atoms with E-state index in [1.165, 1.54) is 12.8 Å². The third kappa shape index (κ3) is 5.46. The van der Waals surface area contributed by atoms with Gasteiger partial charge < -0.3 is 15.5 Å². The average Bonchev–Trinajstić information content (AvgIpc) is 2.84. The largest absolute Gasteiger partial charge is 0.342 e. The Hall–Kier alpha value is -1.14. The Labute approximate surface area is 140 Å². The van der Waals surface area contributed by atoms with Gasteiger partial charge in [0.05, 0.1) is 12.6 Å². The monoisotopic (exact) mass is 324 g/mol. The van der Waals surface area contributed by atoms with Gasteiger partial charge in [0.25, 0.3) is 0 Å². The molecule has 2 fully saturated rings. The minimum Gasteiger partial charge on any atom is -0.342 e. The van der Waals surface area contributed by atoms with E-state index in [4.69, 9.17) is 5.73 Å². The van der Waals surface area contributed by atoms with Gasteiger partial charge in [-0.05, 0) is 19.3 Å². The molecule has 2 rings (SSSR count). The molecule has 1 atom stereocenters. The Bertz CT molecular complexity index is 386. The first-order chi connectivity index (χ1) is 11.1. The summed E-state index contributed by atoms with van der Waals surface area (Å²) in [6, 6.07) is -0.370. The molecular weight excluding hydrogens is 292 g/mol. The lowest BCUT2D eigenvalue weighted by molar-refractivity contribution is -0.136. The van der Waals surface area contributed by atoms with Crippen molar-refractivity contribution < 1.29 is 9.59 Å². The lowest BCUT2D eigenvalue weighted by atomic mass is 10.1. The third-order valence-corrected chi connectivity index (χ3v) is 4.92. The molecule has 0 saturated carbocycles. The maximum atomic E-state index is 12.4. The molecule has 2 amide bonds. The Morgan fingerprint density at radius 3 is 2.09 bits per heavy atom. The molecule has 132 valence electrons. The molecule has 0 aromatic rings. The molecule has 2 saturated heterocycles. The second-order valence-electron chi connectivity index (χ2n) is 6.79. The zero-order chi connectivity index (χ0) is 16.7. The highest BCUT2D eigenvalue weighted by atomic mass is 16.2. The fourth-order valence-corrected chi connectivity index (χ4v) is 3.41. The predicted molar refractivity (Wildman–Crippen MR) is 91.0 cm³/mol. The fourth-order valence-electron chi connectivity index (χ4n) is 3.41. The molecule has 0 aromatic carbocycles. The van der Waals surface area contributed by atoms with Gasteiger partial charge in [0.15, 0.2) is 0 Å². The van der Waals surface area contributed by atoms with Crippen LogP contribution in [0.4, 0.5) is 0 Å². The molecule has 0 spiro atoms. The van der Waals surface area contributed by atoms with Gasteiger partial charge in [0.2, 0.25) is 11.8 Å². The smallest absolute Gasteiger partial charge is 0.239 e.